The van der Waals surface area contributed by atoms with E-state index in [-0.39, 0.29) is 30.0 Å². The van der Waals surface area contributed by atoms with E-state index in [1.54, 1.807) is 0 Å². The van der Waals surface area contributed by atoms with E-state index in [0.717, 1.165) is 24.6 Å². The molecule has 0 bridgehead atoms. The van der Waals surface area contributed by atoms with Crippen LogP contribution >= 0.6 is 0 Å². The summed E-state index contributed by atoms with van der Waals surface area (Å²) in [6.45, 7) is 2.45. The lowest BCUT2D eigenvalue weighted by Crippen LogP contribution is -2.25. The van der Waals surface area contributed by atoms with Crippen molar-refractivity contribution < 1.29 is 23.9 Å². The van der Waals surface area contributed by atoms with Gasteiger partial charge in [-0.25, -0.2) is 9.18 Å². The smallest absolute Gasteiger partial charge is 0.335 e. The number of benzene rings is 1. The Bertz CT molecular complexity index is 546. The monoisotopic (exact) mass is 296 g/mol. The molecule has 2 amide bonds. The molecule has 3 N–H and O–H groups in total. The maximum atomic E-state index is 13.5. The van der Waals surface area contributed by atoms with Crippen molar-refractivity contribution in [1.29, 1.82) is 0 Å². The molecule has 1 rings (SSSR count). The lowest BCUT2D eigenvalue weighted by molar-refractivity contribution is -0.124. The molecule has 0 aliphatic heterocycles. The first kappa shape index (κ1) is 16.6. The number of halogens is 1. The number of carboxylic acid groups (broad SMARTS) is 1. The standard InChI is InChI=1S/C14H17FN2O4/c1-2-7-16-12(18)5-6-13(19)17-11-8-9(14(20)21)3-4-10(11)15/h3-4,8H,2,5-7H2,1H3,(H,16,18)(H,17,19)(H,20,21). The number of amides is 2. The third kappa shape index (κ3) is 5.60. The first-order valence-electron chi connectivity index (χ1n) is 6.53. The molecule has 0 saturated carbocycles. The van der Waals surface area contributed by atoms with Gasteiger partial charge in [-0.3, -0.25) is 9.59 Å². The van der Waals surface area contributed by atoms with Gasteiger partial charge in [-0.05, 0) is 24.6 Å². The van der Waals surface area contributed by atoms with Crippen LogP contribution in [0.2, 0.25) is 0 Å². The van der Waals surface area contributed by atoms with Crippen LogP contribution in [0.5, 0.6) is 0 Å². The summed E-state index contributed by atoms with van der Waals surface area (Å²) in [5.41, 5.74) is -0.346. The molecule has 1 aromatic rings. The van der Waals surface area contributed by atoms with Crippen LogP contribution in [0.1, 0.15) is 36.5 Å². The van der Waals surface area contributed by atoms with Crippen LogP contribution in [0.25, 0.3) is 0 Å². The lowest BCUT2D eigenvalue weighted by Gasteiger charge is -2.07. The number of nitrogens with one attached hydrogen (secondary N) is 2. The van der Waals surface area contributed by atoms with Crippen molar-refractivity contribution in [2.24, 2.45) is 0 Å². The summed E-state index contributed by atoms with van der Waals surface area (Å²) in [7, 11) is 0. The van der Waals surface area contributed by atoms with Gasteiger partial charge >= 0.3 is 5.97 Å². The first-order valence-corrected chi connectivity index (χ1v) is 6.53. The van der Waals surface area contributed by atoms with Gasteiger partial charge in [0, 0.05) is 19.4 Å². The molecule has 21 heavy (non-hydrogen) atoms. The van der Waals surface area contributed by atoms with E-state index in [1.807, 2.05) is 6.92 Å². The summed E-state index contributed by atoms with van der Waals surface area (Å²) in [6, 6.07) is 3.10. The predicted octanol–water partition coefficient (Wildman–Crippen LogP) is 1.77. The van der Waals surface area contributed by atoms with Gasteiger partial charge in [0.25, 0.3) is 0 Å². The summed E-state index contributed by atoms with van der Waals surface area (Å²) < 4.78 is 13.5. The van der Waals surface area contributed by atoms with Crippen LogP contribution in [-0.4, -0.2) is 29.4 Å². The molecule has 0 unspecified atom stereocenters. The zero-order chi connectivity index (χ0) is 15.8. The summed E-state index contributed by atoms with van der Waals surface area (Å²) in [5, 5.41) is 13.7. The zero-order valence-electron chi connectivity index (χ0n) is 11.6. The largest absolute Gasteiger partial charge is 0.478 e. The Morgan fingerprint density at radius 3 is 2.48 bits per heavy atom. The summed E-state index contributed by atoms with van der Waals surface area (Å²) in [5.74, 6) is -2.76. The van der Waals surface area contributed by atoms with Gasteiger partial charge in [0.2, 0.25) is 11.8 Å². The van der Waals surface area contributed by atoms with E-state index in [2.05, 4.69) is 10.6 Å². The van der Waals surface area contributed by atoms with Crippen LogP contribution in [0.15, 0.2) is 18.2 Å². The minimum atomic E-state index is -1.22. The molecule has 6 nitrogen and oxygen atoms in total. The average Bonchev–Trinajstić information content (AvgIpc) is 2.45. The number of hydrogen-bond donors (Lipinski definition) is 3. The molecule has 7 heteroatoms. The molecule has 114 valence electrons. The van der Waals surface area contributed by atoms with E-state index in [1.165, 1.54) is 0 Å². The fraction of sp³-hybridized carbons (Fsp3) is 0.357. The van der Waals surface area contributed by atoms with E-state index in [9.17, 15) is 18.8 Å². The maximum Gasteiger partial charge on any atom is 0.335 e. The van der Waals surface area contributed by atoms with Crippen molar-refractivity contribution in [1.82, 2.24) is 5.32 Å². The maximum absolute atomic E-state index is 13.5. The highest BCUT2D eigenvalue weighted by atomic mass is 19.1. The SMILES string of the molecule is CCCNC(=O)CCC(=O)Nc1cc(C(=O)O)ccc1F. The van der Waals surface area contributed by atoms with Gasteiger partial charge in [-0.1, -0.05) is 6.92 Å². The fourth-order valence-corrected chi connectivity index (χ4v) is 1.55. The molecule has 0 aliphatic carbocycles. The highest BCUT2D eigenvalue weighted by Crippen LogP contribution is 2.16. The Kier molecular flexibility index (Phi) is 6.32. The first-order chi connectivity index (χ1) is 9.93. The minimum absolute atomic E-state index is 0.00786. The van der Waals surface area contributed by atoms with Gasteiger partial charge < -0.3 is 15.7 Å². The van der Waals surface area contributed by atoms with Crippen molar-refractivity contribution in [3.8, 4) is 0 Å². The Labute approximate surface area is 121 Å². The Morgan fingerprint density at radius 2 is 1.86 bits per heavy atom. The quantitative estimate of drug-likeness (QED) is 0.714. The number of anilines is 1. The normalized spacial score (nSPS) is 10.0. The van der Waals surface area contributed by atoms with Gasteiger partial charge in [0.1, 0.15) is 5.82 Å². The number of aromatic carboxylic acids is 1. The van der Waals surface area contributed by atoms with Crippen LogP contribution in [-0.2, 0) is 9.59 Å². The van der Waals surface area contributed by atoms with Crippen molar-refractivity contribution in [3.63, 3.8) is 0 Å². The van der Waals surface area contributed by atoms with Crippen LogP contribution < -0.4 is 10.6 Å². The van der Waals surface area contributed by atoms with E-state index < -0.39 is 17.7 Å². The molecule has 0 aliphatic rings. The second-order valence-corrected chi connectivity index (χ2v) is 4.40. The number of hydrogen-bond acceptors (Lipinski definition) is 3. The molecule has 0 heterocycles. The highest BCUT2D eigenvalue weighted by Gasteiger charge is 2.12. The van der Waals surface area contributed by atoms with E-state index >= 15 is 0 Å². The van der Waals surface area contributed by atoms with Gasteiger partial charge in [0.05, 0.1) is 11.3 Å². The Morgan fingerprint density at radius 1 is 1.19 bits per heavy atom. The highest BCUT2D eigenvalue weighted by molar-refractivity contribution is 5.95. The van der Waals surface area contributed by atoms with Gasteiger partial charge in [-0.2, -0.15) is 0 Å². The second-order valence-electron chi connectivity index (χ2n) is 4.40. The molecular formula is C14H17FN2O4. The van der Waals surface area contributed by atoms with Crippen molar-refractivity contribution >= 4 is 23.5 Å². The number of carboxylic acids is 1. The fourth-order valence-electron chi connectivity index (χ4n) is 1.55. The van der Waals surface area contributed by atoms with Crippen molar-refractivity contribution in [3.05, 3.63) is 29.6 Å². The van der Waals surface area contributed by atoms with Crippen LogP contribution in [0.4, 0.5) is 10.1 Å². The molecule has 1 aromatic carbocycles. The summed E-state index contributed by atoms with van der Waals surface area (Å²) in [6.07, 6.45) is 0.684. The predicted molar refractivity (Wildman–Crippen MR) is 74.5 cm³/mol. The van der Waals surface area contributed by atoms with Crippen LogP contribution in [0, 0.1) is 5.82 Å². The molecule has 0 fully saturated rings. The number of carbonyl (C=O) groups is 3. The minimum Gasteiger partial charge on any atom is -0.478 e. The lowest BCUT2D eigenvalue weighted by atomic mass is 10.2. The third-order valence-corrected chi connectivity index (χ3v) is 2.64. The Balaban J connectivity index is 2.56. The van der Waals surface area contributed by atoms with E-state index in [0.29, 0.717) is 6.54 Å². The van der Waals surface area contributed by atoms with Gasteiger partial charge in [0.15, 0.2) is 0 Å². The average molecular weight is 296 g/mol. The Hall–Kier alpha value is -2.44. The third-order valence-electron chi connectivity index (χ3n) is 2.64. The van der Waals surface area contributed by atoms with Gasteiger partial charge in [-0.15, -0.1) is 0 Å². The van der Waals surface area contributed by atoms with Crippen molar-refractivity contribution in [2.45, 2.75) is 26.2 Å². The second kappa shape index (κ2) is 7.98. The number of carbonyl (C=O) groups excluding carboxylic acids is 2. The molecular weight excluding hydrogens is 279 g/mol. The summed E-state index contributed by atoms with van der Waals surface area (Å²) >= 11 is 0. The summed E-state index contributed by atoms with van der Waals surface area (Å²) in [4.78, 5) is 33.7. The molecule has 0 radical (unpaired) electrons. The van der Waals surface area contributed by atoms with E-state index in [4.69, 9.17) is 5.11 Å². The molecule has 0 saturated heterocycles. The number of rotatable bonds is 7. The molecule has 0 spiro atoms. The van der Waals surface area contributed by atoms with Crippen LogP contribution in [0.3, 0.4) is 0 Å². The van der Waals surface area contributed by atoms with Crippen molar-refractivity contribution in [2.75, 3.05) is 11.9 Å². The zero-order valence-corrected chi connectivity index (χ0v) is 11.6. The topological polar surface area (TPSA) is 95.5 Å². The molecule has 0 aromatic heterocycles. The molecule has 0 atom stereocenters.